The maximum absolute atomic E-state index is 13.6. The molecular formula is C20H19F2N7O3. The molecule has 1 amide bonds. The van der Waals surface area contributed by atoms with E-state index in [1.165, 1.54) is 22.9 Å². The van der Waals surface area contributed by atoms with Gasteiger partial charge in [0.1, 0.15) is 0 Å². The van der Waals surface area contributed by atoms with Gasteiger partial charge < -0.3 is 4.90 Å². The van der Waals surface area contributed by atoms with Crippen molar-refractivity contribution in [2.75, 3.05) is 26.2 Å². The fraction of sp³-hybridized carbons (Fsp3) is 0.300. The summed E-state index contributed by atoms with van der Waals surface area (Å²) in [6, 6.07) is 7.89. The Labute approximate surface area is 181 Å². The smallest absolute Gasteiger partial charge is 0.273 e. The molecule has 3 aromatic rings. The van der Waals surface area contributed by atoms with E-state index in [1.807, 2.05) is 4.90 Å². The Morgan fingerprint density at radius 3 is 2.56 bits per heavy atom. The molecule has 1 aliphatic heterocycles. The minimum Gasteiger partial charge on any atom is -0.336 e. The Bertz CT molecular complexity index is 1180. The Balaban J connectivity index is 1.42. The fourth-order valence-corrected chi connectivity index (χ4v) is 3.65. The summed E-state index contributed by atoms with van der Waals surface area (Å²) in [4.78, 5) is 27.2. The lowest BCUT2D eigenvalue weighted by Gasteiger charge is -2.34. The van der Waals surface area contributed by atoms with Crippen LogP contribution in [0.3, 0.4) is 0 Å². The third kappa shape index (κ3) is 4.17. The van der Waals surface area contributed by atoms with Crippen molar-refractivity contribution in [3.63, 3.8) is 0 Å². The van der Waals surface area contributed by atoms with E-state index < -0.39 is 16.6 Å². The first-order valence-electron chi connectivity index (χ1n) is 9.83. The zero-order chi connectivity index (χ0) is 22.8. The number of halogens is 2. The highest BCUT2D eigenvalue weighted by Gasteiger charge is 2.26. The van der Waals surface area contributed by atoms with Gasteiger partial charge in [0.25, 0.3) is 11.6 Å². The van der Waals surface area contributed by atoms with Crippen molar-refractivity contribution in [3.05, 3.63) is 75.1 Å². The van der Waals surface area contributed by atoms with E-state index in [0.717, 1.165) is 12.1 Å². The van der Waals surface area contributed by atoms with Crippen LogP contribution >= 0.6 is 0 Å². The molecule has 2 aromatic carbocycles. The van der Waals surface area contributed by atoms with Crippen molar-refractivity contribution < 1.29 is 18.5 Å². The number of nitro groups is 1. The van der Waals surface area contributed by atoms with Crippen LogP contribution in [0.4, 0.5) is 14.5 Å². The van der Waals surface area contributed by atoms with Crippen molar-refractivity contribution in [2.45, 2.75) is 13.5 Å². The molecule has 0 bridgehead atoms. The molecule has 1 saturated heterocycles. The predicted molar refractivity (Wildman–Crippen MR) is 108 cm³/mol. The van der Waals surface area contributed by atoms with Crippen molar-refractivity contribution >= 4 is 11.6 Å². The number of aromatic nitrogens is 4. The van der Waals surface area contributed by atoms with Crippen LogP contribution in [0.15, 0.2) is 36.4 Å². The number of hydrogen-bond donors (Lipinski definition) is 0. The lowest BCUT2D eigenvalue weighted by atomic mass is 10.1. The van der Waals surface area contributed by atoms with Gasteiger partial charge in [-0.2, -0.15) is 4.68 Å². The van der Waals surface area contributed by atoms with Gasteiger partial charge in [0.05, 0.1) is 17.2 Å². The molecule has 0 aliphatic carbocycles. The first-order valence-corrected chi connectivity index (χ1v) is 9.83. The number of nitrogens with zero attached hydrogens (tertiary/aromatic N) is 7. The number of amides is 1. The summed E-state index contributed by atoms with van der Waals surface area (Å²) >= 11 is 0. The van der Waals surface area contributed by atoms with E-state index in [9.17, 15) is 23.7 Å². The molecule has 1 aromatic heterocycles. The van der Waals surface area contributed by atoms with Crippen LogP contribution in [0.1, 0.15) is 21.7 Å². The number of carbonyl (C=O) groups excluding carboxylic acids is 1. The zero-order valence-electron chi connectivity index (χ0n) is 17.1. The van der Waals surface area contributed by atoms with Crippen LogP contribution in [-0.2, 0) is 6.54 Å². The van der Waals surface area contributed by atoms with Crippen molar-refractivity contribution in [1.29, 1.82) is 0 Å². The average Bonchev–Trinajstić information content (AvgIpc) is 3.24. The highest BCUT2D eigenvalue weighted by atomic mass is 19.2. The van der Waals surface area contributed by atoms with E-state index in [-0.39, 0.29) is 11.6 Å². The summed E-state index contributed by atoms with van der Waals surface area (Å²) in [5, 5.41) is 22.6. The largest absolute Gasteiger partial charge is 0.336 e. The SMILES string of the molecule is Cc1c(C(=O)N2CCN(Cc3nnnn3-c3ccc(F)c(F)c3)CC2)cccc1[N+](=O)[O-]. The highest BCUT2D eigenvalue weighted by molar-refractivity contribution is 5.96. The summed E-state index contributed by atoms with van der Waals surface area (Å²) in [5.41, 5.74) is 0.878. The maximum atomic E-state index is 13.6. The maximum Gasteiger partial charge on any atom is 0.273 e. The second kappa shape index (κ2) is 8.75. The summed E-state index contributed by atoms with van der Waals surface area (Å²) in [6.45, 7) is 3.83. The molecule has 32 heavy (non-hydrogen) atoms. The second-order valence-electron chi connectivity index (χ2n) is 7.38. The Morgan fingerprint density at radius 1 is 1.12 bits per heavy atom. The minimum absolute atomic E-state index is 0.0847. The van der Waals surface area contributed by atoms with Crippen LogP contribution < -0.4 is 0 Å². The van der Waals surface area contributed by atoms with Gasteiger partial charge in [-0.25, -0.2) is 8.78 Å². The standard InChI is InChI=1S/C20H19F2N7O3/c1-13-15(3-2-4-18(13)29(31)32)20(30)27-9-7-26(8-10-27)12-19-23-24-25-28(19)14-5-6-16(21)17(22)11-14/h2-6,11H,7-10,12H2,1H3. The van der Waals surface area contributed by atoms with Crippen molar-refractivity contribution in [2.24, 2.45) is 0 Å². The average molecular weight is 443 g/mol. The number of rotatable bonds is 5. The third-order valence-corrected chi connectivity index (χ3v) is 5.44. The van der Waals surface area contributed by atoms with Gasteiger partial charge in [0, 0.05) is 49.4 Å². The lowest BCUT2D eigenvalue weighted by molar-refractivity contribution is -0.385. The monoisotopic (exact) mass is 443 g/mol. The van der Waals surface area contributed by atoms with Gasteiger partial charge in [0.2, 0.25) is 0 Å². The van der Waals surface area contributed by atoms with E-state index in [4.69, 9.17) is 0 Å². The molecule has 0 spiro atoms. The van der Waals surface area contributed by atoms with Gasteiger partial charge in [-0.3, -0.25) is 19.8 Å². The molecular weight excluding hydrogens is 424 g/mol. The summed E-state index contributed by atoms with van der Waals surface area (Å²) < 4.78 is 28.1. The summed E-state index contributed by atoms with van der Waals surface area (Å²) in [7, 11) is 0. The van der Waals surface area contributed by atoms with E-state index >= 15 is 0 Å². The molecule has 1 fully saturated rings. The molecule has 12 heteroatoms. The van der Waals surface area contributed by atoms with Crippen molar-refractivity contribution in [1.82, 2.24) is 30.0 Å². The van der Waals surface area contributed by atoms with Gasteiger partial charge >= 0.3 is 0 Å². The van der Waals surface area contributed by atoms with Crippen LogP contribution in [0.25, 0.3) is 5.69 Å². The number of piperazine rings is 1. The van der Waals surface area contributed by atoms with E-state index in [1.54, 1.807) is 17.9 Å². The van der Waals surface area contributed by atoms with Crippen molar-refractivity contribution in [3.8, 4) is 5.69 Å². The molecule has 10 nitrogen and oxygen atoms in total. The van der Waals surface area contributed by atoms with Gasteiger partial charge in [-0.15, -0.1) is 5.10 Å². The number of tetrazole rings is 1. The Kier molecular flexibility index (Phi) is 5.86. The van der Waals surface area contributed by atoms with Gasteiger partial charge in [-0.05, 0) is 35.5 Å². The summed E-state index contributed by atoms with van der Waals surface area (Å²) in [6.07, 6.45) is 0. The molecule has 0 radical (unpaired) electrons. The van der Waals surface area contributed by atoms with Gasteiger partial charge in [-0.1, -0.05) is 6.07 Å². The molecule has 0 unspecified atom stereocenters. The number of nitro benzene ring substituents is 1. The first-order chi connectivity index (χ1) is 15.3. The Morgan fingerprint density at radius 2 is 1.88 bits per heavy atom. The minimum atomic E-state index is -0.993. The quantitative estimate of drug-likeness (QED) is 0.439. The van der Waals surface area contributed by atoms with Crippen LogP contribution in [0, 0.1) is 28.7 Å². The fourth-order valence-electron chi connectivity index (χ4n) is 3.65. The molecule has 1 aliphatic rings. The predicted octanol–water partition coefficient (Wildman–Crippen LogP) is 2.12. The van der Waals surface area contributed by atoms with E-state index in [2.05, 4.69) is 15.5 Å². The Hall–Kier alpha value is -3.80. The van der Waals surface area contributed by atoms with Crippen LogP contribution in [0.2, 0.25) is 0 Å². The number of carbonyl (C=O) groups is 1. The molecule has 2 heterocycles. The van der Waals surface area contributed by atoms with Gasteiger partial charge in [0.15, 0.2) is 17.5 Å². The highest BCUT2D eigenvalue weighted by Crippen LogP contribution is 2.23. The zero-order valence-corrected chi connectivity index (χ0v) is 17.1. The normalized spacial score (nSPS) is 14.5. The number of hydrogen-bond acceptors (Lipinski definition) is 7. The molecule has 0 saturated carbocycles. The van der Waals surface area contributed by atoms with Crippen LogP contribution in [0.5, 0.6) is 0 Å². The lowest BCUT2D eigenvalue weighted by Crippen LogP contribution is -2.48. The molecule has 166 valence electrons. The van der Waals surface area contributed by atoms with E-state index in [0.29, 0.717) is 55.4 Å². The third-order valence-electron chi connectivity index (χ3n) is 5.44. The van der Waals surface area contributed by atoms with Crippen LogP contribution in [-0.4, -0.2) is 67.0 Å². The number of benzene rings is 2. The second-order valence-corrected chi connectivity index (χ2v) is 7.38. The molecule has 0 atom stereocenters. The topological polar surface area (TPSA) is 110 Å². The first kappa shape index (κ1) is 21.4. The summed E-state index contributed by atoms with van der Waals surface area (Å²) in [5.74, 6) is -1.75. The molecule has 4 rings (SSSR count). The molecule has 0 N–H and O–H groups in total.